The summed E-state index contributed by atoms with van der Waals surface area (Å²) in [5.41, 5.74) is 0.983. The Kier molecular flexibility index (Phi) is 8.04. The molecule has 0 radical (unpaired) electrons. The number of aromatic nitrogens is 7. The molecule has 16 heteroatoms. The van der Waals surface area contributed by atoms with Gasteiger partial charge in [0.05, 0.1) is 35.3 Å². The predicted molar refractivity (Wildman–Crippen MR) is 148 cm³/mol. The number of nitrogens with one attached hydrogen (secondary N) is 2. The van der Waals surface area contributed by atoms with Crippen LogP contribution < -0.4 is 10.6 Å². The molecule has 1 fully saturated rings. The van der Waals surface area contributed by atoms with E-state index in [1.54, 1.807) is 18.5 Å². The highest BCUT2D eigenvalue weighted by Gasteiger charge is 2.37. The summed E-state index contributed by atoms with van der Waals surface area (Å²) in [7, 11) is -0.263. The van der Waals surface area contributed by atoms with E-state index in [4.69, 9.17) is 0 Å². The number of rotatable bonds is 8. The van der Waals surface area contributed by atoms with Gasteiger partial charge in [0.1, 0.15) is 5.56 Å². The summed E-state index contributed by atoms with van der Waals surface area (Å²) in [6, 6.07) is 3.37. The van der Waals surface area contributed by atoms with E-state index in [9.17, 15) is 21.6 Å². The number of piperidine rings is 1. The maximum atomic E-state index is 14.0. The van der Waals surface area contributed by atoms with Gasteiger partial charge in [-0.25, -0.2) is 28.1 Å². The average Bonchev–Trinajstić information content (AvgIpc) is 3.59. The molecule has 0 aromatic carbocycles. The lowest BCUT2D eigenvalue weighted by molar-refractivity contribution is -0.137. The van der Waals surface area contributed by atoms with Crippen molar-refractivity contribution in [2.75, 3.05) is 25.5 Å². The van der Waals surface area contributed by atoms with Crippen molar-refractivity contribution in [3.63, 3.8) is 0 Å². The molecule has 42 heavy (non-hydrogen) atoms. The molecule has 0 aliphatic carbocycles. The molecule has 1 aliphatic heterocycles. The van der Waals surface area contributed by atoms with Crippen molar-refractivity contribution < 1.29 is 21.6 Å². The molecular formula is C26H31F3N10O2S. The van der Waals surface area contributed by atoms with Gasteiger partial charge in [-0.05, 0) is 38.4 Å². The standard InChI is InChI=1S/C26H31F3N10O2S/c1-16-12-38(42(40,41)23-14-37(4)15-32-23)8-7-21(16)35-25-31-11-20(26(27,28)29)24(36-25)18-9-33-39(13-18)22-6-5-19(10-30-3)34-17(22)2/h5-6,9,11,13-16,21,30H,7-8,10,12H2,1-4H3,(H,31,35,36)/t16-,21+/m1/s1. The first kappa shape index (κ1) is 29.6. The van der Waals surface area contributed by atoms with Crippen LogP contribution in [-0.2, 0) is 29.8 Å². The minimum absolute atomic E-state index is 0.0119. The lowest BCUT2D eigenvalue weighted by Crippen LogP contribution is -2.47. The smallest absolute Gasteiger partial charge is 0.351 e. The number of halogens is 3. The average molecular weight is 605 g/mol. The monoisotopic (exact) mass is 604 g/mol. The van der Waals surface area contributed by atoms with E-state index >= 15 is 0 Å². The minimum Gasteiger partial charge on any atom is -0.351 e. The Morgan fingerprint density at radius 1 is 1.12 bits per heavy atom. The summed E-state index contributed by atoms with van der Waals surface area (Å²) in [5, 5.41) is 10.4. The fourth-order valence-electron chi connectivity index (χ4n) is 4.94. The van der Waals surface area contributed by atoms with Crippen LogP contribution >= 0.6 is 0 Å². The lowest BCUT2D eigenvalue weighted by Gasteiger charge is -2.36. The fraction of sp³-hybridized carbons (Fsp3) is 0.423. The van der Waals surface area contributed by atoms with Crippen LogP contribution in [0.15, 0.2) is 48.3 Å². The molecule has 1 aliphatic rings. The number of imidazole rings is 1. The third-order valence-electron chi connectivity index (χ3n) is 7.14. The maximum absolute atomic E-state index is 14.0. The van der Waals surface area contributed by atoms with E-state index < -0.39 is 21.8 Å². The second-order valence-corrected chi connectivity index (χ2v) is 12.2. The molecule has 2 N–H and O–H groups in total. The van der Waals surface area contributed by atoms with Crippen molar-refractivity contribution in [2.24, 2.45) is 13.0 Å². The molecule has 0 saturated carbocycles. The summed E-state index contributed by atoms with van der Waals surface area (Å²) in [5.74, 6) is -0.173. The Balaban J connectivity index is 1.38. The molecule has 0 bridgehead atoms. The van der Waals surface area contributed by atoms with Crippen LogP contribution in [0.1, 0.15) is 30.3 Å². The van der Waals surface area contributed by atoms with Gasteiger partial charge in [-0.3, -0.25) is 4.98 Å². The van der Waals surface area contributed by atoms with E-state index in [2.05, 4.69) is 35.7 Å². The van der Waals surface area contributed by atoms with E-state index in [1.807, 2.05) is 26.1 Å². The number of sulfonamides is 1. The Morgan fingerprint density at radius 2 is 1.90 bits per heavy atom. The molecule has 2 atom stereocenters. The van der Waals surface area contributed by atoms with Crippen molar-refractivity contribution >= 4 is 16.0 Å². The Morgan fingerprint density at radius 3 is 2.55 bits per heavy atom. The first-order chi connectivity index (χ1) is 19.9. The maximum Gasteiger partial charge on any atom is 0.419 e. The van der Waals surface area contributed by atoms with Gasteiger partial charge in [-0.2, -0.15) is 22.6 Å². The van der Waals surface area contributed by atoms with Crippen LogP contribution in [0.4, 0.5) is 19.1 Å². The van der Waals surface area contributed by atoms with Crippen LogP contribution in [-0.4, -0.2) is 73.2 Å². The summed E-state index contributed by atoms with van der Waals surface area (Å²) in [4.78, 5) is 16.7. The first-order valence-electron chi connectivity index (χ1n) is 13.2. The number of hydrogen-bond donors (Lipinski definition) is 2. The summed E-state index contributed by atoms with van der Waals surface area (Å²) in [6.07, 6.45) is 2.14. The summed E-state index contributed by atoms with van der Waals surface area (Å²) < 4.78 is 72.3. The molecule has 4 aromatic rings. The second kappa shape index (κ2) is 11.4. The molecule has 5 rings (SSSR count). The van der Waals surface area contributed by atoms with Crippen LogP contribution in [0, 0.1) is 12.8 Å². The molecule has 5 heterocycles. The van der Waals surface area contributed by atoms with Crippen molar-refractivity contribution in [3.05, 3.63) is 60.2 Å². The number of hydrogen-bond acceptors (Lipinski definition) is 9. The van der Waals surface area contributed by atoms with Gasteiger partial charge < -0.3 is 15.2 Å². The Bertz CT molecular complexity index is 1690. The van der Waals surface area contributed by atoms with Gasteiger partial charge in [0.15, 0.2) is 5.03 Å². The van der Waals surface area contributed by atoms with Gasteiger partial charge in [-0.1, -0.05) is 6.92 Å². The fourth-order valence-corrected chi connectivity index (χ4v) is 6.46. The normalized spacial score (nSPS) is 18.4. The summed E-state index contributed by atoms with van der Waals surface area (Å²) >= 11 is 0. The third-order valence-corrected chi connectivity index (χ3v) is 8.89. The van der Waals surface area contributed by atoms with Gasteiger partial charge in [0, 0.05) is 56.9 Å². The molecule has 12 nitrogen and oxygen atoms in total. The van der Waals surface area contributed by atoms with Crippen LogP contribution in [0.5, 0.6) is 0 Å². The van der Waals surface area contributed by atoms with Crippen molar-refractivity contribution in [2.45, 2.75) is 44.1 Å². The van der Waals surface area contributed by atoms with Gasteiger partial charge in [0.25, 0.3) is 10.0 Å². The zero-order chi connectivity index (χ0) is 30.2. The van der Waals surface area contributed by atoms with Gasteiger partial charge in [0.2, 0.25) is 5.95 Å². The first-order valence-corrected chi connectivity index (χ1v) is 14.7. The van der Waals surface area contributed by atoms with Gasteiger partial charge in [-0.15, -0.1) is 0 Å². The summed E-state index contributed by atoms with van der Waals surface area (Å²) in [6.45, 7) is 4.66. The number of pyridine rings is 1. The van der Waals surface area contributed by atoms with Crippen LogP contribution in [0.3, 0.4) is 0 Å². The zero-order valence-electron chi connectivity index (χ0n) is 23.5. The van der Waals surface area contributed by atoms with E-state index in [1.165, 1.54) is 33.9 Å². The minimum atomic E-state index is -4.69. The topological polar surface area (TPSA) is 136 Å². The van der Waals surface area contributed by atoms with E-state index in [0.29, 0.717) is 24.3 Å². The molecule has 0 spiro atoms. The molecule has 0 unspecified atom stereocenters. The zero-order valence-corrected chi connectivity index (χ0v) is 24.3. The van der Waals surface area contributed by atoms with Crippen molar-refractivity contribution in [3.8, 4) is 16.9 Å². The van der Waals surface area contributed by atoms with Gasteiger partial charge >= 0.3 is 6.18 Å². The highest BCUT2D eigenvalue weighted by Crippen LogP contribution is 2.36. The lowest BCUT2D eigenvalue weighted by atomic mass is 9.95. The predicted octanol–water partition coefficient (Wildman–Crippen LogP) is 3.02. The Hall–Kier alpha value is -3.89. The highest BCUT2D eigenvalue weighted by molar-refractivity contribution is 7.89. The third kappa shape index (κ3) is 6.00. The number of nitrogens with zero attached hydrogens (tertiary/aromatic N) is 8. The van der Waals surface area contributed by atoms with E-state index in [-0.39, 0.29) is 47.3 Å². The number of alkyl halides is 3. The Labute approximate surface area is 241 Å². The van der Waals surface area contributed by atoms with Crippen LogP contribution in [0.25, 0.3) is 16.9 Å². The van der Waals surface area contributed by atoms with Crippen LogP contribution in [0.2, 0.25) is 0 Å². The molecule has 224 valence electrons. The van der Waals surface area contributed by atoms with Crippen molar-refractivity contribution in [1.82, 2.24) is 43.9 Å². The SMILES string of the molecule is CNCc1ccc(-n2cc(-c3nc(N[C@H]4CCN(S(=O)(=O)c5cn(C)cn5)C[C@H]4C)ncc3C(F)(F)F)cn2)c(C)n1. The van der Waals surface area contributed by atoms with Crippen molar-refractivity contribution in [1.29, 1.82) is 0 Å². The quantitative estimate of drug-likeness (QED) is 0.311. The second-order valence-electron chi connectivity index (χ2n) is 10.3. The number of anilines is 1. The number of aryl methyl sites for hydroxylation is 2. The molecule has 4 aromatic heterocycles. The molecular weight excluding hydrogens is 573 g/mol. The highest BCUT2D eigenvalue weighted by atomic mass is 32.2. The molecule has 0 amide bonds. The molecule has 1 saturated heterocycles. The largest absolute Gasteiger partial charge is 0.419 e. The van der Waals surface area contributed by atoms with E-state index in [0.717, 1.165) is 11.9 Å².